The molecule has 0 bridgehead atoms. The minimum absolute atomic E-state index is 0.308. The van der Waals surface area contributed by atoms with Crippen LogP contribution < -0.4 is 5.32 Å². The smallest absolute Gasteiger partial charge is 0.324 e. The van der Waals surface area contributed by atoms with Gasteiger partial charge in [-0.15, -0.1) is 0 Å². The Balaban J connectivity index is 2.23. The average molecular weight is 258 g/mol. The van der Waals surface area contributed by atoms with Gasteiger partial charge in [0.05, 0.1) is 7.11 Å². The van der Waals surface area contributed by atoms with E-state index in [2.05, 4.69) is 10.3 Å². The summed E-state index contributed by atoms with van der Waals surface area (Å²) in [4.78, 5) is 27.1. The number of hydrogen-bond donors (Lipinski definition) is 2. The molecule has 2 heterocycles. The van der Waals surface area contributed by atoms with E-state index in [0.717, 1.165) is 16.5 Å². The van der Waals surface area contributed by atoms with Crippen molar-refractivity contribution in [1.29, 1.82) is 0 Å². The number of aromatic amines is 1. The first-order valence-corrected chi connectivity index (χ1v) is 6.17. The fourth-order valence-electron chi connectivity index (χ4n) is 2.62. The van der Waals surface area contributed by atoms with Crippen molar-refractivity contribution in [2.24, 2.45) is 0 Å². The lowest BCUT2D eigenvalue weighted by Gasteiger charge is -2.11. The summed E-state index contributed by atoms with van der Waals surface area (Å²) in [5.41, 5.74) is 2.61. The van der Waals surface area contributed by atoms with Crippen LogP contribution in [0.25, 0.3) is 10.9 Å². The Kier molecular flexibility index (Phi) is 2.74. The Hall–Kier alpha value is -2.30. The molecule has 5 nitrogen and oxygen atoms in total. The van der Waals surface area contributed by atoms with Crippen LogP contribution in [-0.2, 0) is 20.7 Å². The zero-order valence-corrected chi connectivity index (χ0v) is 10.5. The van der Waals surface area contributed by atoms with Crippen molar-refractivity contribution in [2.75, 3.05) is 13.7 Å². The molecule has 1 aromatic heterocycles. The van der Waals surface area contributed by atoms with E-state index in [1.165, 1.54) is 7.11 Å². The maximum absolute atomic E-state index is 12.0. The third-order valence-corrected chi connectivity index (χ3v) is 3.51. The Morgan fingerprint density at radius 3 is 2.95 bits per heavy atom. The second-order valence-corrected chi connectivity index (χ2v) is 4.56. The van der Waals surface area contributed by atoms with Gasteiger partial charge in [-0.2, -0.15) is 0 Å². The number of fused-ring (bicyclic) bond motifs is 3. The number of carbonyl (C=O) groups excluding carboxylic acids is 2. The molecule has 1 unspecified atom stereocenters. The first-order chi connectivity index (χ1) is 9.22. The Bertz CT molecular complexity index is 660. The molecule has 19 heavy (non-hydrogen) atoms. The second-order valence-electron chi connectivity index (χ2n) is 4.56. The fraction of sp³-hybridized carbons (Fsp3) is 0.286. The van der Waals surface area contributed by atoms with Crippen molar-refractivity contribution >= 4 is 22.8 Å². The third-order valence-electron chi connectivity index (χ3n) is 3.51. The molecule has 0 fully saturated rings. The molecule has 0 spiro atoms. The molecule has 0 aliphatic carbocycles. The van der Waals surface area contributed by atoms with E-state index in [1.807, 2.05) is 24.3 Å². The number of hydrogen-bond acceptors (Lipinski definition) is 3. The molecule has 0 saturated heterocycles. The van der Waals surface area contributed by atoms with Crippen molar-refractivity contribution in [3.05, 3.63) is 35.5 Å². The van der Waals surface area contributed by atoms with Gasteiger partial charge in [-0.1, -0.05) is 18.2 Å². The molecule has 1 aliphatic rings. The van der Waals surface area contributed by atoms with Gasteiger partial charge in [-0.25, -0.2) is 0 Å². The van der Waals surface area contributed by atoms with Crippen molar-refractivity contribution in [3.63, 3.8) is 0 Å². The van der Waals surface area contributed by atoms with Crippen LogP contribution in [-0.4, -0.2) is 30.5 Å². The van der Waals surface area contributed by atoms with E-state index in [-0.39, 0.29) is 5.91 Å². The highest BCUT2D eigenvalue weighted by Crippen LogP contribution is 2.30. The number of amides is 1. The number of methoxy groups -OCH3 is 1. The number of para-hydroxylation sites is 1. The molecular weight excluding hydrogens is 244 g/mol. The quantitative estimate of drug-likeness (QED) is 0.594. The fourth-order valence-corrected chi connectivity index (χ4v) is 2.62. The van der Waals surface area contributed by atoms with Crippen LogP contribution in [0.1, 0.15) is 17.2 Å². The zero-order valence-electron chi connectivity index (χ0n) is 10.5. The van der Waals surface area contributed by atoms with Crippen molar-refractivity contribution in [2.45, 2.75) is 12.3 Å². The standard InChI is InChI=1S/C14H14N2O3/c1-19-14(18)11-12-9(6-7-15-13(11)17)8-4-2-3-5-10(8)16-12/h2-5,11,16H,6-7H2,1H3,(H,15,17). The van der Waals surface area contributed by atoms with Gasteiger partial charge >= 0.3 is 5.97 Å². The molecule has 0 radical (unpaired) electrons. The van der Waals surface area contributed by atoms with Crippen LogP contribution in [0.5, 0.6) is 0 Å². The number of carbonyl (C=O) groups is 2. The monoisotopic (exact) mass is 258 g/mol. The van der Waals surface area contributed by atoms with Crippen molar-refractivity contribution in [1.82, 2.24) is 10.3 Å². The Morgan fingerprint density at radius 1 is 1.37 bits per heavy atom. The number of esters is 1. The topological polar surface area (TPSA) is 71.2 Å². The van der Waals surface area contributed by atoms with E-state index in [4.69, 9.17) is 4.74 Å². The minimum atomic E-state index is -0.908. The van der Waals surface area contributed by atoms with Crippen LogP contribution in [0, 0.1) is 0 Å². The predicted molar refractivity (Wildman–Crippen MR) is 69.8 cm³/mol. The number of H-pyrrole nitrogens is 1. The lowest BCUT2D eigenvalue weighted by Crippen LogP contribution is -2.33. The zero-order chi connectivity index (χ0) is 13.4. The summed E-state index contributed by atoms with van der Waals surface area (Å²) in [5.74, 6) is -1.75. The molecule has 1 aromatic carbocycles. The van der Waals surface area contributed by atoms with Crippen LogP contribution in [0.3, 0.4) is 0 Å². The largest absolute Gasteiger partial charge is 0.468 e. The summed E-state index contributed by atoms with van der Waals surface area (Å²) in [5, 5.41) is 3.81. The van der Waals surface area contributed by atoms with Crippen LogP contribution in [0.15, 0.2) is 24.3 Å². The number of rotatable bonds is 1. The highest BCUT2D eigenvalue weighted by atomic mass is 16.5. The normalized spacial score (nSPS) is 18.6. The van der Waals surface area contributed by atoms with Crippen LogP contribution >= 0.6 is 0 Å². The van der Waals surface area contributed by atoms with Gasteiger partial charge < -0.3 is 15.0 Å². The molecule has 1 atom stereocenters. The van der Waals surface area contributed by atoms with Crippen LogP contribution in [0.2, 0.25) is 0 Å². The SMILES string of the molecule is COC(=O)C1C(=O)NCCc2c1[nH]c1ccccc21. The number of nitrogens with one attached hydrogen (secondary N) is 2. The molecular formula is C14H14N2O3. The molecule has 1 amide bonds. The molecule has 1 aliphatic heterocycles. The summed E-state index contributed by atoms with van der Waals surface area (Å²) in [6, 6.07) is 7.81. The summed E-state index contributed by atoms with van der Waals surface area (Å²) < 4.78 is 4.75. The molecule has 3 rings (SSSR count). The maximum Gasteiger partial charge on any atom is 0.324 e. The van der Waals surface area contributed by atoms with E-state index < -0.39 is 11.9 Å². The van der Waals surface area contributed by atoms with Gasteiger partial charge in [0.2, 0.25) is 5.91 Å². The second kappa shape index (κ2) is 4.42. The van der Waals surface area contributed by atoms with E-state index in [0.29, 0.717) is 18.7 Å². The van der Waals surface area contributed by atoms with Crippen molar-refractivity contribution < 1.29 is 14.3 Å². The molecule has 98 valence electrons. The predicted octanol–water partition coefficient (Wildman–Crippen LogP) is 1.10. The van der Waals surface area contributed by atoms with Gasteiger partial charge in [0.1, 0.15) is 0 Å². The van der Waals surface area contributed by atoms with Gasteiger partial charge in [0, 0.05) is 23.1 Å². The Labute approximate surface area is 109 Å². The summed E-state index contributed by atoms with van der Waals surface area (Å²) in [6.07, 6.45) is 0.707. The van der Waals surface area contributed by atoms with Gasteiger partial charge in [0.25, 0.3) is 0 Å². The maximum atomic E-state index is 12.0. The highest BCUT2D eigenvalue weighted by Gasteiger charge is 2.35. The lowest BCUT2D eigenvalue weighted by molar-refractivity contribution is -0.146. The van der Waals surface area contributed by atoms with E-state index in [9.17, 15) is 9.59 Å². The van der Waals surface area contributed by atoms with Gasteiger partial charge in [0.15, 0.2) is 5.92 Å². The molecule has 2 aromatic rings. The molecule has 0 saturated carbocycles. The number of ether oxygens (including phenoxy) is 1. The summed E-state index contributed by atoms with van der Waals surface area (Å²) in [7, 11) is 1.29. The summed E-state index contributed by atoms with van der Waals surface area (Å²) >= 11 is 0. The third kappa shape index (κ3) is 1.78. The molecule has 5 heteroatoms. The Morgan fingerprint density at radius 2 is 2.16 bits per heavy atom. The molecule has 2 N–H and O–H groups in total. The van der Waals surface area contributed by atoms with Gasteiger partial charge in [-0.05, 0) is 18.1 Å². The minimum Gasteiger partial charge on any atom is -0.468 e. The number of aromatic nitrogens is 1. The highest BCUT2D eigenvalue weighted by molar-refractivity contribution is 6.05. The van der Waals surface area contributed by atoms with E-state index >= 15 is 0 Å². The van der Waals surface area contributed by atoms with Crippen molar-refractivity contribution in [3.8, 4) is 0 Å². The number of benzene rings is 1. The summed E-state index contributed by atoms with van der Waals surface area (Å²) in [6.45, 7) is 0.529. The average Bonchev–Trinajstić information content (AvgIpc) is 2.69. The van der Waals surface area contributed by atoms with E-state index in [1.54, 1.807) is 0 Å². The lowest BCUT2D eigenvalue weighted by atomic mass is 9.99. The first kappa shape index (κ1) is 11.8. The first-order valence-electron chi connectivity index (χ1n) is 6.17. The van der Waals surface area contributed by atoms with Crippen LogP contribution in [0.4, 0.5) is 0 Å². The van der Waals surface area contributed by atoms with Gasteiger partial charge in [-0.3, -0.25) is 9.59 Å².